The van der Waals surface area contributed by atoms with Crippen LogP contribution in [0.2, 0.25) is 0 Å². The maximum Gasteiger partial charge on any atom is 0.306 e. The van der Waals surface area contributed by atoms with Gasteiger partial charge in [-0.25, -0.2) is 0 Å². The number of carbonyl (C=O) groups is 3. The van der Waals surface area contributed by atoms with Crippen LogP contribution in [0.5, 0.6) is 0 Å². The Balaban J connectivity index is 4.22. The first-order chi connectivity index (χ1) is 33.0. The highest BCUT2D eigenvalue weighted by Gasteiger charge is 2.19. The van der Waals surface area contributed by atoms with Crippen LogP contribution in [0.1, 0.15) is 355 Å². The Bertz CT molecular complexity index is 998. The Hall–Kier alpha value is -1.59. The summed E-state index contributed by atoms with van der Waals surface area (Å²) in [5, 5.41) is 0. The van der Waals surface area contributed by atoms with Crippen LogP contribution in [-0.4, -0.2) is 37.2 Å². The van der Waals surface area contributed by atoms with Gasteiger partial charge in [-0.15, -0.1) is 0 Å². The number of hydrogen-bond acceptors (Lipinski definition) is 6. The predicted molar refractivity (Wildman–Crippen MR) is 289 cm³/mol. The highest BCUT2D eigenvalue weighted by atomic mass is 16.6. The van der Waals surface area contributed by atoms with Crippen LogP contribution in [0.3, 0.4) is 0 Å². The molecule has 0 saturated carbocycles. The molecule has 1 atom stereocenters. The second kappa shape index (κ2) is 57.0. The number of hydrogen-bond donors (Lipinski definition) is 0. The van der Waals surface area contributed by atoms with Gasteiger partial charge in [-0.2, -0.15) is 0 Å². The molecule has 0 aliphatic rings. The normalized spacial score (nSPS) is 11.9. The zero-order chi connectivity index (χ0) is 48.6. The molecule has 0 radical (unpaired) electrons. The van der Waals surface area contributed by atoms with Crippen LogP contribution >= 0.6 is 0 Å². The summed E-state index contributed by atoms with van der Waals surface area (Å²) in [5.74, 6) is -0.830. The van der Waals surface area contributed by atoms with Crippen LogP contribution in [0, 0.1) is 0 Å². The third kappa shape index (κ3) is 55.2. The van der Waals surface area contributed by atoms with Gasteiger partial charge in [0.1, 0.15) is 13.2 Å². The van der Waals surface area contributed by atoms with Gasteiger partial charge in [-0.3, -0.25) is 14.4 Å². The van der Waals surface area contributed by atoms with E-state index in [1.165, 1.54) is 257 Å². The van der Waals surface area contributed by atoms with E-state index in [2.05, 4.69) is 20.8 Å². The van der Waals surface area contributed by atoms with Crippen molar-refractivity contribution >= 4 is 17.9 Å². The molecular weight excluding hydrogens is 829 g/mol. The SMILES string of the molecule is CCCCCCCCCCCCCCCCCCCCCCC(=O)OCC(COC(=O)CCCCCCCCCCCCC)OC(=O)CCCCCCCCCCCCCCCCCCCC. The minimum Gasteiger partial charge on any atom is -0.462 e. The van der Waals surface area contributed by atoms with E-state index < -0.39 is 6.10 Å². The summed E-state index contributed by atoms with van der Waals surface area (Å²) in [7, 11) is 0. The van der Waals surface area contributed by atoms with Crippen LogP contribution in [0.15, 0.2) is 0 Å². The highest BCUT2D eigenvalue weighted by Crippen LogP contribution is 2.18. The van der Waals surface area contributed by atoms with Gasteiger partial charge in [0.05, 0.1) is 0 Å². The van der Waals surface area contributed by atoms with E-state index in [4.69, 9.17) is 14.2 Å². The Morgan fingerprint density at radius 3 is 0.597 bits per heavy atom. The molecular formula is C61H118O6. The van der Waals surface area contributed by atoms with E-state index in [0.29, 0.717) is 19.3 Å². The smallest absolute Gasteiger partial charge is 0.306 e. The number of esters is 3. The van der Waals surface area contributed by atoms with E-state index >= 15 is 0 Å². The van der Waals surface area contributed by atoms with Crippen LogP contribution in [-0.2, 0) is 28.6 Å². The van der Waals surface area contributed by atoms with Crippen LogP contribution < -0.4 is 0 Å². The van der Waals surface area contributed by atoms with Gasteiger partial charge in [0, 0.05) is 19.3 Å². The molecule has 0 aromatic rings. The third-order valence-corrected chi connectivity index (χ3v) is 14.1. The molecule has 0 N–H and O–H groups in total. The largest absolute Gasteiger partial charge is 0.462 e. The molecule has 6 heteroatoms. The molecule has 1 unspecified atom stereocenters. The minimum absolute atomic E-state index is 0.0609. The fourth-order valence-electron chi connectivity index (χ4n) is 9.51. The standard InChI is InChI=1S/C61H118O6/c1-4-7-10-13-16-19-22-24-26-28-30-31-33-34-36-39-42-45-48-51-54-60(63)66-57-58(56-65-59(62)53-50-47-44-41-38-21-18-15-12-9-6-3)67-61(64)55-52-49-46-43-40-37-35-32-29-27-25-23-20-17-14-11-8-5-2/h58H,4-57H2,1-3H3. The second-order valence-corrected chi connectivity index (χ2v) is 21.0. The molecule has 0 amide bonds. The average molecular weight is 948 g/mol. The summed E-state index contributed by atoms with van der Waals surface area (Å²) in [6.07, 6.45) is 63.9. The van der Waals surface area contributed by atoms with E-state index in [9.17, 15) is 14.4 Å². The molecule has 6 nitrogen and oxygen atoms in total. The summed E-state index contributed by atoms with van der Waals surface area (Å²) >= 11 is 0. The minimum atomic E-state index is -0.761. The van der Waals surface area contributed by atoms with Gasteiger partial charge in [0.25, 0.3) is 0 Å². The van der Waals surface area contributed by atoms with Gasteiger partial charge < -0.3 is 14.2 Å². The molecule has 0 heterocycles. The van der Waals surface area contributed by atoms with Gasteiger partial charge in [0.2, 0.25) is 0 Å². The fourth-order valence-corrected chi connectivity index (χ4v) is 9.51. The van der Waals surface area contributed by atoms with Crippen molar-refractivity contribution in [3.63, 3.8) is 0 Å². The number of rotatable bonds is 57. The summed E-state index contributed by atoms with van der Waals surface area (Å²) in [6, 6.07) is 0. The molecule has 0 aliphatic carbocycles. The van der Waals surface area contributed by atoms with Crippen molar-refractivity contribution in [1.29, 1.82) is 0 Å². The lowest BCUT2D eigenvalue weighted by Gasteiger charge is -2.18. The van der Waals surface area contributed by atoms with Gasteiger partial charge in [0.15, 0.2) is 6.10 Å². The van der Waals surface area contributed by atoms with Crippen LogP contribution in [0.25, 0.3) is 0 Å². The van der Waals surface area contributed by atoms with Crippen molar-refractivity contribution in [2.75, 3.05) is 13.2 Å². The molecule has 0 fully saturated rings. The number of unbranched alkanes of at least 4 members (excludes halogenated alkanes) is 46. The molecule has 398 valence electrons. The highest BCUT2D eigenvalue weighted by molar-refractivity contribution is 5.71. The van der Waals surface area contributed by atoms with Crippen molar-refractivity contribution < 1.29 is 28.6 Å². The first kappa shape index (κ1) is 65.4. The van der Waals surface area contributed by atoms with Crippen LogP contribution in [0.4, 0.5) is 0 Å². The molecule has 0 aromatic heterocycles. The first-order valence-electron chi connectivity index (χ1n) is 30.5. The molecule has 0 aromatic carbocycles. The monoisotopic (exact) mass is 947 g/mol. The maximum atomic E-state index is 12.9. The Kier molecular flexibility index (Phi) is 55.6. The summed E-state index contributed by atoms with van der Waals surface area (Å²) in [6.45, 7) is 6.71. The van der Waals surface area contributed by atoms with E-state index in [1.807, 2.05) is 0 Å². The van der Waals surface area contributed by atoms with Crippen molar-refractivity contribution in [1.82, 2.24) is 0 Å². The summed E-state index contributed by atoms with van der Waals surface area (Å²) in [4.78, 5) is 38.2. The Labute approximate surface area is 418 Å². The van der Waals surface area contributed by atoms with Crippen molar-refractivity contribution in [2.24, 2.45) is 0 Å². The second-order valence-electron chi connectivity index (χ2n) is 21.0. The fraction of sp³-hybridized carbons (Fsp3) is 0.951. The van der Waals surface area contributed by atoms with Gasteiger partial charge in [-0.1, -0.05) is 316 Å². The van der Waals surface area contributed by atoms with Gasteiger partial charge in [-0.05, 0) is 19.3 Å². The Morgan fingerprint density at radius 2 is 0.403 bits per heavy atom. The topological polar surface area (TPSA) is 78.9 Å². The molecule has 0 bridgehead atoms. The maximum absolute atomic E-state index is 12.9. The van der Waals surface area contributed by atoms with E-state index in [-0.39, 0.29) is 31.1 Å². The molecule has 67 heavy (non-hydrogen) atoms. The predicted octanol–water partition coefficient (Wildman–Crippen LogP) is 20.3. The zero-order valence-electron chi connectivity index (χ0n) is 45.7. The molecule has 0 aliphatic heterocycles. The van der Waals surface area contributed by atoms with Crippen molar-refractivity contribution in [3.8, 4) is 0 Å². The lowest BCUT2D eigenvalue weighted by atomic mass is 10.0. The quantitative estimate of drug-likeness (QED) is 0.0343. The molecule has 0 spiro atoms. The lowest BCUT2D eigenvalue weighted by Crippen LogP contribution is -2.30. The molecule has 0 rings (SSSR count). The lowest BCUT2D eigenvalue weighted by molar-refractivity contribution is -0.167. The summed E-state index contributed by atoms with van der Waals surface area (Å²) in [5.41, 5.74) is 0. The summed E-state index contributed by atoms with van der Waals surface area (Å²) < 4.78 is 16.9. The third-order valence-electron chi connectivity index (χ3n) is 14.1. The van der Waals surface area contributed by atoms with E-state index in [0.717, 1.165) is 57.8 Å². The van der Waals surface area contributed by atoms with Gasteiger partial charge >= 0.3 is 17.9 Å². The number of carbonyl (C=O) groups excluding carboxylic acids is 3. The average Bonchev–Trinajstić information content (AvgIpc) is 3.33. The van der Waals surface area contributed by atoms with Crippen molar-refractivity contribution in [3.05, 3.63) is 0 Å². The zero-order valence-corrected chi connectivity index (χ0v) is 45.7. The first-order valence-corrected chi connectivity index (χ1v) is 30.5. The Morgan fingerprint density at radius 1 is 0.239 bits per heavy atom. The molecule has 0 saturated heterocycles. The van der Waals surface area contributed by atoms with E-state index in [1.54, 1.807) is 0 Å². The number of ether oxygens (including phenoxy) is 3. The van der Waals surface area contributed by atoms with Crippen molar-refractivity contribution in [2.45, 2.75) is 361 Å².